The third-order valence-electron chi connectivity index (χ3n) is 2.78. The van der Waals surface area contributed by atoms with Gasteiger partial charge in [-0.25, -0.2) is 14.4 Å². The van der Waals surface area contributed by atoms with Gasteiger partial charge in [0.15, 0.2) is 0 Å². The lowest BCUT2D eigenvalue weighted by Crippen LogP contribution is -2.16. The second kappa shape index (κ2) is 5.60. The average Bonchev–Trinajstić information content (AvgIpc) is 3.01. The fourth-order valence-corrected chi connectivity index (χ4v) is 1.82. The number of aromatic nitrogens is 4. The molecule has 0 aliphatic rings. The highest BCUT2D eigenvalue weighted by Gasteiger charge is 2.12. The Bertz CT molecular complexity index is 818. The minimum Gasteiger partial charge on any atom is -0.384 e. The van der Waals surface area contributed by atoms with Crippen molar-refractivity contribution in [3.8, 4) is 5.95 Å². The topological polar surface area (TPSA) is 98.7 Å². The highest BCUT2D eigenvalue weighted by atomic mass is 19.1. The Hall–Kier alpha value is -3.29. The summed E-state index contributed by atoms with van der Waals surface area (Å²) in [5, 5.41) is 2.55. The number of imidazole rings is 1. The van der Waals surface area contributed by atoms with E-state index in [1.165, 1.54) is 35.2 Å². The van der Waals surface area contributed by atoms with Gasteiger partial charge in [-0.1, -0.05) is 6.07 Å². The summed E-state index contributed by atoms with van der Waals surface area (Å²) in [4.78, 5) is 24.2. The molecule has 0 fully saturated rings. The summed E-state index contributed by atoms with van der Waals surface area (Å²) in [6.07, 6.45) is 4.67. The molecule has 0 aliphatic heterocycles. The third-order valence-corrected chi connectivity index (χ3v) is 2.78. The second-order valence-corrected chi connectivity index (χ2v) is 4.41. The van der Waals surface area contributed by atoms with Crippen molar-refractivity contribution in [3.63, 3.8) is 0 Å². The maximum absolute atomic E-state index is 13.1. The number of hydrogen-bond acceptors (Lipinski definition) is 5. The summed E-state index contributed by atoms with van der Waals surface area (Å²) in [7, 11) is 0. The van der Waals surface area contributed by atoms with Gasteiger partial charge in [0.1, 0.15) is 23.7 Å². The zero-order chi connectivity index (χ0) is 15.5. The molecule has 1 amide bonds. The minimum atomic E-state index is -0.513. The molecule has 8 heteroatoms. The molecular weight excluding hydrogens is 287 g/mol. The number of hydrogen-bond donors (Lipinski definition) is 2. The molecule has 0 bridgehead atoms. The van der Waals surface area contributed by atoms with Gasteiger partial charge >= 0.3 is 0 Å². The molecule has 110 valence electrons. The number of carbonyl (C=O) groups is 1. The first-order valence-electron chi connectivity index (χ1n) is 6.31. The first-order valence-corrected chi connectivity index (χ1v) is 6.31. The molecule has 7 nitrogen and oxygen atoms in total. The quantitative estimate of drug-likeness (QED) is 0.765. The Morgan fingerprint density at radius 2 is 2.14 bits per heavy atom. The Kier molecular flexibility index (Phi) is 3.48. The van der Waals surface area contributed by atoms with Gasteiger partial charge in [-0.3, -0.25) is 9.36 Å². The van der Waals surface area contributed by atoms with Crippen LogP contribution in [0.1, 0.15) is 10.5 Å². The number of nitrogens with two attached hydrogens (primary N) is 1. The molecule has 0 spiro atoms. The molecule has 3 N–H and O–H groups in total. The van der Waals surface area contributed by atoms with E-state index in [1.807, 2.05) is 0 Å². The van der Waals surface area contributed by atoms with Crippen molar-refractivity contribution in [2.75, 3.05) is 11.1 Å². The average molecular weight is 298 g/mol. The highest BCUT2D eigenvalue weighted by Crippen LogP contribution is 2.12. The number of anilines is 2. The van der Waals surface area contributed by atoms with Crippen LogP contribution in [0.5, 0.6) is 0 Å². The molecule has 0 atom stereocenters. The second-order valence-electron chi connectivity index (χ2n) is 4.41. The van der Waals surface area contributed by atoms with Crippen LogP contribution in [0, 0.1) is 5.82 Å². The maximum Gasteiger partial charge on any atom is 0.274 e. The van der Waals surface area contributed by atoms with Gasteiger partial charge in [0.2, 0.25) is 5.95 Å². The Morgan fingerprint density at radius 1 is 1.27 bits per heavy atom. The van der Waals surface area contributed by atoms with E-state index in [2.05, 4.69) is 20.3 Å². The normalized spacial score (nSPS) is 10.4. The molecule has 3 rings (SSSR count). The van der Waals surface area contributed by atoms with Crippen molar-refractivity contribution >= 4 is 17.4 Å². The lowest BCUT2D eigenvalue weighted by Gasteiger charge is -2.07. The van der Waals surface area contributed by atoms with Crippen LogP contribution < -0.4 is 11.1 Å². The van der Waals surface area contributed by atoms with Crippen LogP contribution in [0.25, 0.3) is 5.95 Å². The van der Waals surface area contributed by atoms with Gasteiger partial charge in [0, 0.05) is 24.1 Å². The predicted molar refractivity (Wildman–Crippen MR) is 77.9 cm³/mol. The van der Waals surface area contributed by atoms with Crippen LogP contribution in [0.3, 0.4) is 0 Å². The van der Waals surface area contributed by atoms with E-state index in [1.54, 1.807) is 18.5 Å². The molecule has 1 aromatic carbocycles. The first-order chi connectivity index (χ1) is 10.6. The molecular formula is C14H11FN6O. The van der Waals surface area contributed by atoms with E-state index in [9.17, 15) is 9.18 Å². The largest absolute Gasteiger partial charge is 0.384 e. The number of nitrogens with zero attached hydrogens (tertiary/aromatic N) is 4. The van der Waals surface area contributed by atoms with Gasteiger partial charge < -0.3 is 11.1 Å². The summed E-state index contributed by atoms with van der Waals surface area (Å²) in [6.45, 7) is 0. The van der Waals surface area contributed by atoms with Crippen molar-refractivity contribution in [3.05, 3.63) is 60.6 Å². The van der Waals surface area contributed by atoms with Crippen molar-refractivity contribution in [2.24, 2.45) is 0 Å². The van der Waals surface area contributed by atoms with Crippen molar-refractivity contribution in [1.82, 2.24) is 19.5 Å². The molecule has 2 heterocycles. The Labute approximate surface area is 124 Å². The minimum absolute atomic E-state index is 0.0699. The number of carbonyl (C=O) groups excluding carboxylic acids is 1. The summed E-state index contributed by atoms with van der Waals surface area (Å²) in [5.74, 6) is -0.592. The van der Waals surface area contributed by atoms with E-state index in [0.29, 0.717) is 5.69 Å². The van der Waals surface area contributed by atoms with Crippen molar-refractivity contribution in [2.45, 2.75) is 0 Å². The van der Waals surface area contributed by atoms with Crippen molar-refractivity contribution in [1.29, 1.82) is 0 Å². The van der Waals surface area contributed by atoms with E-state index in [4.69, 9.17) is 5.73 Å². The smallest absolute Gasteiger partial charge is 0.274 e. The summed E-state index contributed by atoms with van der Waals surface area (Å²) in [6, 6.07) is 6.91. The molecule has 22 heavy (non-hydrogen) atoms. The number of nitrogen functional groups attached to an aromatic ring is 1. The lowest BCUT2D eigenvalue weighted by atomic mass is 10.3. The van der Waals surface area contributed by atoms with E-state index in [0.717, 1.165) is 0 Å². The number of nitrogens with one attached hydrogen (secondary N) is 1. The van der Waals surface area contributed by atoms with Gasteiger partial charge in [0.05, 0.1) is 0 Å². The third kappa shape index (κ3) is 2.90. The van der Waals surface area contributed by atoms with Gasteiger partial charge in [-0.2, -0.15) is 4.98 Å². The molecule has 0 saturated heterocycles. The summed E-state index contributed by atoms with van der Waals surface area (Å²) >= 11 is 0. The van der Waals surface area contributed by atoms with Crippen LogP contribution in [0.2, 0.25) is 0 Å². The fraction of sp³-hybridized carbons (Fsp3) is 0. The van der Waals surface area contributed by atoms with Gasteiger partial charge in [-0.05, 0) is 18.2 Å². The summed E-state index contributed by atoms with van der Waals surface area (Å²) < 4.78 is 14.7. The molecule has 0 aliphatic carbocycles. The van der Waals surface area contributed by atoms with Crippen LogP contribution >= 0.6 is 0 Å². The van der Waals surface area contributed by atoms with Crippen LogP contribution in [0.15, 0.2) is 49.1 Å². The highest BCUT2D eigenvalue weighted by molar-refractivity contribution is 6.03. The zero-order valence-corrected chi connectivity index (χ0v) is 11.3. The van der Waals surface area contributed by atoms with Crippen LogP contribution in [-0.2, 0) is 0 Å². The van der Waals surface area contributed by atoms with E-state index >= 15 is 0 Å². The predicted octanol–water partition coefficient (Wildman–Crippen LogP) is 1.64. The zero-order valence-electron chi connectivity index (χ0n) is 11.3. The molecule has 0 saturated carbocycles. The SMILES string of the molecule is Nc1cc(C(=O)Nc2cccc(F)c2)nc(-n2ccnc2)n1. The number of rotatable bonds is 3. The maximum atomic E-state index is 13.1. The van der Waals surface area contributed by atoms with E-state index in [-0.39, 0.29) is 17.5 Å². The molecule has 0 radical (unpaired) electrons. The molecule has 2 aromatic heterocycles. The molecule has 3 aromatic rings. The molecule has 0 unspecified atom stereocenters. The fourth-order valence-electron chi connectivity index (χ4n) is 1.82. The van der Waals surface area contributed by atoms with Gasteiger partial charge in [-0.15, -0.1) is 0 Å². The van der Waals surface area contributed by atoms with Crippen LogP contribution in [-0.4, -0.2) is 25.4 Å². The number of benzene rings is 1. The Morgan fingerprint density at radius 3 is 2.86 bits per heavy atom. The summed E-state index contributed by atoms with van der Waals surface area (Å²) in [5.41, 5.74) is 6.09. The standard InChI is InChI=1S/C14H11FN6O/c15-9-2-1-3-10(6-9)18-13(22)11-7-12(16)20-14(19-11)21-5-4-17-8-21/h1-8H,(H,18,22)(H2,16,19,20). The monoisotopic (exact) mass is 298 g/mol. The first kappa shape index (κ1) is 13.7. The van der Waals surface area contributed by atoms with Crippen molar-refractivity contribution < 1.29 is 9.18 Å². The van der Waals surface area contributed by atoms with E-state index < -0.39 is 11.7 Å². The lowest BCUT2D eigenvalue weighted by molar-refractivity contribution is 0.102. The Balaban J connectivity index is 1.89. The number of halogens is 1. The van der Waals surface area contributed by atoms with Gasteiger partial charge in [0.25, 0.3) is 5.91 Å². The van der Waals surface area contributed by atoms with Crippen LogP contribution in [0.4, 0.5) is 15.9 Å². The number of amides is 1.